The van der Waals surface area contributed by atoms with Crippen LogP contribution in [-0.2, 0) is 19.1 Å². The molecule has 182 valence electrons. The van der Waals surface area contributed by atoms with Crippen LogP contribution in [0.5, 0.6) is 11.5 Å². The number of carbonyl (C=O) groups is 3. The first-order valence-electron chi connectivity index (χ1n) is 10.6. The van der Waals surface area contributed by atoms with Crippen LogP contribution in [0.3, 0.4) is 0 Å². The van der Waals surface area contributed by atoms with Crippen molar-refractivity contribution >= 4 is 45.6 Å². The van der Waals surface area contributed by atoms with Gasteiger partial charge in [-0.3, -0.25) is 9.59 Å². The molecule has 0 fully saturated rings. The van der Waals surface area contributed by atoms with Crippen LogP contribution in [0, 0.1) is 11.8 Å². The molecule has 2 rings (SSSR count). The van der Waals surface area contributed by atoms with Crippen molar-refractivity contribution in [3.8, 4) is 11.5 Å². The zero-order valence-corrected chi connectivity index (χ0v) is 21.0. The molecule has 2 N–H and O–H groups in total. The second-order valence-corrected chi connectivity index (χ2v) is 8.31. The van der Waals surface area contributed by atoms with E-state index in [1.807, 2.05) is 0 Å². The molecule has 0 bridgehead atoms. The van der Waals surface area contributed by atoms with E-state index in [4.69, 9.17) is 14.2 Å². The lowest BCUT2D eigenvalue weighted by atomic mass is 9.94. The summed E-state index contributed by atoms with van der Waals surface area (Å²) in [5.74, 6) is -1.48. The second-order valence-electron chi connectivity index (χ2n) is 7.46. The first-order valence-corrected chi connectivity index (χ1v) is 11.4. The SMILES string of the molecule is CCOC(=O)COc1ccc(C=NNC(=O)C(C(=O)Nc2ccc(OC)cc2)C(C)C)cc1Br. The molecule has 1 atom stereocenters. The van der Waals surface area contributed by atoms with Gasteiger partial charge in [0.05, 0.1) is 24.4 Å². The lowest BCUT2D eigenvalue weighted by Crippen LogP contribution is -2.39. The second kappa shape index (κ2) is 13.3. The van der Waals surface area contributed by atoms with Gasteiger partial charge in [0.2, 0.25) is 5.91 Å². The van der Waals surface area contributed by atoms with Gasteiger partial charge in [0, 0.05) is 5.69 Å². The number of hydrazone groups is 1. The number of rotatable bonds is 11. The van der Waals surface area contributed by atoms with Gasteiger partial charge < -0.3 is 19.5 Å². The van der Waals surface area contributed by atoms with Crippen LogP contribution >= 0.6 is 15.9 Å². The largest absolute Gasteiger partial charge is 0.497 e. The molecule has 0 saturated carbocycles. The Hall–Kier alpha value is -3.40. The monoisotopic (exact) mass is 533 g/mol. The molecular formula is C24H28BrN3O6. The Morgan fingerprint density at radius 3 is 2.38 bits per heavy atom. The van der Waals surface area contributed by atoms with Gasteiger partial charge in [-0.05, 0) is 76.8 Å². The van der Waals surface area contributed by atoms with Crippen LogP contribution in [0.2, 0.25) is 0 Å². The minimum absolute atomic E-state index is 0.203. The number of nitrogens with zero attached hydrogens (tertiary/aromatic N) is 1. The first-order chi connectivity index (χ1) is 16.2. The highest BCUT2D eigenvalue weighted by Crippen LogP contribution is 2.25. The highest BCUT2D eigenvalue weighted by Gasteiger charge is 2.30. The molecule has 2 aromatic carbocycles. The molecule has 34 heavy (non-hydrogen) atoms. The average Bonchev–Trinajstić information content (AvgIpc) is 2.79. The molecule has 0 radical (unpaired) electrons. The van der Waals surface area contributed by atoms with Crippen molar-refractivity contribution in [1.29, 1.82) is 0 Å². The summed E-state index contributed by atoms with van der Waals surface area (Å²) < 4.78 is 15.9. The quantitative estimate of drug-likeness (QED) is 0.196. The molecule has 0 saturated heterocycles. The van der Waals surface area contributed by atoms with Gasteiger partial charge in [0.1, 0.15) is 17.4 Å². The first kappa shape index (κ1) is 26.8. The van der Waals surface area contributed by atoms with Crippen molar-refractivity contribution in [2.45, 2.75) is 20.8 Å². The maximum atomic E-state index is 12.7. The topological polar surface area (TPSA) is 115 Å². The summed E-state index contributed by atoms with van der Waals surface area (Å²) in [5, 5.41) is 6.71. The minimum Gasteiger partial charge on any atom is -0.497 e. The summed E-state index contributed by atoms with van der Waals surface area (Å²) >= 11 is 3.37. The number of anilines is 1. The Kier molecular flexibility index (Phi) is 10.5. The zero-order chi connectivity index (χ0) is 25.1. The molecule has 0 aromatic heterocycles. The molecule has 9 nitrogen and oxygen atoms in total. The molecule has 0 aliphatic carbocycles. The van der Waals surface area contributed by atoms with Crippen molar-refractivity contribution in [3.05, 3.63) is 52.5 Å². The Morgan fingerprint density at radius 2 is 1.79 bits per heavy atom. The summed E-state index contributed by atoms with van der Waals surface area (Å²) in [6.45, 7) is 5.37. The fourth-order valence-electron chi connectivity index (χ4n) is 2.91. The third kappa shape index (κ3) is 8.18. The molecule has 0 aliphatic rings. The van der Waals surface area contributed by atoms with E-state index in [0.29, 0.717) is 27.2 Å². The van der Waals surface area contributed by atoms with Crippen molar-refractivity contribution in [2.24, 2.45) is 16.9 Å². The van der Waals surface area contributed by atoms with E-state index < -0.39 is 23.7 Å². The van der Waals surface area contributed by atoms with E-state index in [-0.39, 0.29) is 19.1 Å². The number of halogens is 1. The van der Waals surface area contributed by atoms with Gasteiger partial charge in [0.15, 0.2) is 6.61 Å². The van der Waals surface area contributed by atoms with E-state index in [1.54, 1.807) is 70.3 Å². The molecule has 10 heteroatoms. The summed E-state index contributed by atoms with van der Waals surface area (Å²) in [6.07, 6.45) is 1.44. The molecule has 0 aliphatic heterocycles. The number of amides is 2. The third-order valence-electron chi connectivity index (χ3n) is 4.58. The van der Waals surface area contributed by atoms with E-state index in [0.717, 1.165) is 0 Å². The van der Waals surface area contributed by atoms with Crippen LogP contribution in [0.25, 0.3) is 0 Å². The summed E-state index contributed by atoms with van der Waals surface area (Å²) in [7, 11) is 1.56. The van der Waals surface area contributed by atoms with E-state index in [9.17, 15) is 14.4 Å². The Bertz CT molecular complexity index is 1020. The van der Waals surface area contributed by atoms with Gasteiger partial charge in [-0.1, -0.05) is 13.8 Å². The Balaban J connectivity index is 1.96. The van der Waals surface area contributed by atoms with Crippen LogP contribution in [0.1, 0.15) is 26.3 Å². The van der Waals surface area contributed by atoms with E-state index in [1.165, 1.54) is 6.21 Å². The maximum absolute atomic E-state index is 12.7. The van der Waals surface area contributed by atoms with Crippen LogP contribution in [-0.4, -0.2) is 44.3 Å². The fraction of sp³-hybridized carbons (Fsp3) is 0.333. The lowest BCUT2D eigenvalue weighted by molar-refractivity contribution is -0.145. The smallest absolute Gasteiger partial charge is 0.344 e. The van der Waals surface area contributed by atoms with Crippen LogP contribution in [0.15, 0.2) is 52.0 Å². The van der Waals surface area contributed by atoms with Crippen LogP contribution < -0.4 is 20.2 Å². The number of carbonyl (C=O) groups excluding carboxylic acids is 3. The predicted molar refractivity (Wildman–Crippen MR) is 132 cm³/mol. The highest BCUT2D eigenvalue weighted by molar-refractivity contribution is 9.10. The van der Waals surface area contributed by atoms with Gasteiger partial charge in [0.25, 0.3) is 5.91 Å². The number of ether oxygens (including phenoxy) is 3. The lowest BCUT2D eigenvalue weighted by Gasteiger charge is -2.18. The summed E-state index contributed by atoms with van der Waals surface area (Å²) in [5.41, 5.74) is 3.65. The average molecular weight is 534 g/mol. The summed E-state index contributed by atoms with van der Waals surface area (Å²) in [6, 6.07) is 11.9. The van der Waals surface area contributed by atoms with E-state index in [2.05, 4.69) is 31.8 Å². The number of methoxy groups -OCH3 is 1. The summed E-state index contributed by atoms with van der Waals surface area (Å²) in [4.78, 5) is 36.8. The number of hydrogen-bond acceptors (Lipinski definition) is 7. The number of benzene rings is 2. The Labute approximate surface area is 207 Å². The molecule has 0 heterocycles. The maximum Gasteiger partial charge on any atom is 0.344 e. The molecule has 0 spiro atoms. The molecular weight excluding hydrogens is 506 g/mol. The standard InChI is InChI=1S/C24H28BrN3O6/c1-5-33-21(29)14-34-20-11-6-16(12-19(20)25)13-26-28-24(31)22(15(2)3)23(30)27-17-7-9-18(32-4)10-8-17/h6-13,15,22H,5,14H2,1-4H3,(H,27,30)(H,28,31). The Morgan fingerprint density at radius 1 is 1.09 bits per heavy atom. The van der Waals surface area contributed by atoms with Gasteiger partial charge in [-0.2, -0.15) is 5.10 Å². The van der Waals surface area contributed by atoms with Crippen molar-refractivity contribution in [3.63, 3.8) is 0 Å². The number of nitrogens with one attached hydrogen (secondary N) is 2. The van der Waals surface area contributed by atoms with Crippen molar-refractivity contribution < 1.29 is 28.6 Å². The van der Waals surface area contributed by atoms with Gasteiger partial charge in [-0.15, -0.1) is 0 Å². The minimum atomic E-state index is -0.940. The molecule has 2 amide bonds. The fourth-order valence-corrected chi connectivity index (χ4v) is 3.42. The molecule has 1 unspecified atom stereocenters. The predicted octanol–water partition coefficient (Wildman–Crippen LogP) is 3.76. The van der Waals surface area contributed by atoms with Crippen molar-refractivity contribution in [1.82, 2.24) is 5.43 Å². The highest BCUT2D eigenvalue weighted by atomic mass is 79.9. The zero-order valence-electron chi connectivity index (χ0n) is 19.5. The van der Waals surface area contributed by atoms with Gasteiger partial charge >= 0.3 is 5.97 Å². The third-order valence-corrected chi connectivity index (χ3v) is 5.20. The van der Waals surface area contributed by atoms with E-state index >= 15 is 0 Å². The van der Waals surface area contributed by atoms with Crippen molar-refractivity contribution in [2.75, 3.05) is 25.6 Å². The normalized spacial score (nSPS) is 11.7. The number of esters is 1. The number of hydrogen-bond donors (Lipinski definition) is 2. The van der Waals surface area contributed by atoms with Crippen LogP contribution in [0.4, 0.5) is 5.69 Å². The van der Waals surface area contributed by atoms with Gasteiger partial charge in [-0.25, -0.2) is 10.2 Å². The molecule has 2 aromatic rings.